The highest BCUT2D eigenvalue weighted by Gasteiger charge is 2.37. The van der Waals surface area contributed by atoms with Crippen LogP contribution in [-0.4, -0.2) is 32.1 Å². The summed E-state index contributed by atoms with van der Waals surface area (Å²) < 4.78 is 18.0. The Morgan fingerprint density at radius 1 is 1.04 bits per heavy atom. The first-order chi connectivity index (χ1) is 13.3. The van der Waals surface area contributed by atoms with Crippen LogP contribution in [0.4, 0.5) is 5.69 Å². The average Bonchev–Trinajstić information content (AvgIpc) is 2.70. The summed E-state index contributed by atoms with van der Waals surface area (Å²) in [5.74, 6) is 3.69. The second-order valence-corrected chi connectivity index (χ2v) is 6.39. The highest BCUT2D eigenvalue weighted by Crippen LogP contribution is 2.42. The minimum absolute atomic E-state index is 0.00397. The predicted octanol–water partition coefficient (Wildman–Crippen LogP) is 4.42. The van der Waals surface area contributed by atoms with Gasteiger partial charge in [0.25, 0.3) is 0 Å². The molecule has 2 atom stereocenters. The topological polar surface area (TPSA) is 30.9 Å². The number of fused-ring (bicyclic) bond motifs is 1. The SMILES string of the molecule is C#CCC1C(c2ccccc2)Oc2ccccc2N1CC(OCC)OCC. The molecule has 3 rings (SSSR count). The van der Waals surface area contributed by atoms with Gasteiger partial charge in [0.15, 0.2) is 6.29 Å². The number of para-hydroxylation sites is 2. The lowest BCUT2D eigenvalue weighted by molar-refractivity contribution is -0.131. The second-order valence-electron chi connectivity index (χ2n) is 6.39. The Kier molecular flexibility index (Phi) is 6.75. The van der Waals surface area contributed by atoms with Gasteiger partial charge in [-0.3, -0.25) is 0 Å². The quantitative estimate of drug-likeness (QED) is 0.512. The van der Waals surface area contributed by atoms with Crippen molar-refractivity contribution >= 4 is 5.69 Å². The summed E-state index contributed by atoms with van der Waals surface area (Å²) in [6, 6.07) is 18.3. The first-order valence-electron chi connectivity index (χ1n) is 9.52. The van der Waals surface area contributed by atoms with Crippen LogP contribution in [-0.2, 0) is 9.47 Å². The Hall–Kier alpha value is -2.48. The molecule has 0 radical (unpaired) electrons. The van der Waals surface area contributed by atoms with Crippen LogP contribution in [0, 0.1) is 12.3 Å². The third kappa shape index (κ3) is 4.44. The lowest BCUT2D eigenvalue weighted by Gasteiger charge is -2.44. The summed E-state index contributed by atoms with van der Waals surface area (Å²) in [7, 11) is 0. The van der Waals surface area contributed by atoms with Gasteiger partial charge in [0.05, 0.1) is 18.3 Å². The van der Waals surface area contributed by atoms with Crippen molar-refractivity contribution in [2.75, 3.05) is 24.7 Å². The van der Waals surface area contributed by atoms with E-state index in [4.69, 9.17) is 20.6 Å². The van der Waals surface area contributed by atoms with Crippen LogP contribution in [0.3, 0.4) is 0 Å². The Labute approximate surface area is 162 Å². The third-order valence-electron chi connectivity index (χ3n) is 4.68. The fraction of sp³-hybridized carbons (Fsp3) is 0.391. The molecule has 0 saturated carbocycles. The molecule has 27 heavy (non-hydrogen) atoms. The van der Waals surface area contributed by atoms with Gasteiger partial charge in [-0.15, -0.1) is 12.3 Å². The van der Waals surface area contributed by atoms with Crippen molar-refractivity contribution in [1.29, 1.82) is 0 Å². The Balaban J connectivity index is 1.99. The summed E-state index contributed by atoms with van der Waals surface area (Å²) in [6.07, 6.45) is 5.84. The van der Waals surface area contributed by atoms with E-state index in [1.165, 1.54) is 0 Å². The second kappa shape index (κ2) is 9.45. The van der Waals surface area contributed by atoms with Gasteiger partial charge in [-0.2, -0.15) is 0 Å². The van der Waals surface area contributed by atoms with E-state index in [2.05, 4.69) is 29.0 Å². The fourth-order valence-corrected chi connectivity index (χ4v) is 3.54. The number of anilines is 1. The first-order valence-corrected chi connectivity index (χ1v) is 9.52. The molecule has 0 aliphatic carbocycles. The van der Waals surface area contributed by atoms with Gasteiger partial charge in [0.1, 0.15) is 11.9 Å². The zero-order valence-electron chi connectivity index (χ0n) is 16.0. The zero-order valence-corrected chi connectivity index (χ0v) is 16.0. The molecule has 0 bridgehead atoms. The number of nitrogens with zero attached hydrogens (tertiary/aromatic N) is 1. The Bertz CT molecular complexity index is 750. The van der Waals surface area contributed by atoms with Crippen molar-refractivity contribution in [2.24, 2.45) is 0 Å². The molecule has 0 saturated heterocycles. The van der Waals surface area contributed by atoms with E-state index in [0.717, 1.165) is 17.0 Å². The summed E-state index contributed by atoms with van der Waals surface area (Å²) in [5, 5.41) is 0. The molecule has 0 spiro atoms. The summed E-state index contributed by atoms with van der Waals surface area (Å²) in [4.78, 5) is 2.28. The minimum Gasteiger partial charge on any atom is -0.481 e. The van der Waals surface area contributed by atoms with Crippen molar-refractivity contribution in [3.05, 3.63) is 60.2 Å². The van der Waals surface area contributed by atoms with Gasteiger partial charge in [0.2, 0.25) is 0 Å². The number of benzene rings is 2. The maximum Gasteiger partial charge on any atom is 0.174 e. The number of hydrogen-bond donors (Lipinski definition) is 0. The van der Waals surface area contributed by atoms with Gasteiger partial charge < -0.3 is 19.1 Å². The standard InChI is InChI=1S/C23H27NO3/c1-4-12-20-23(18-13-8-7-9-14-18)27-21-16-11-10-15-19(21)24(20)17-22(25-5-2)26-6-3/h1,7-11,13-16,20,22-23H,5-6,12,17H2,2-3H3. The van der Waals surface area contributed by atoms with Crippen LogP contribution in [0.15, 0.2) is 54.6 Å². The van der Waals surface area contributed by atoms with E-state index >= 15 is 0 Å². The molecule has 4 nitrogen and oxygen atoms in total. The van der Waals surface area contributed by atoms with Gasteiger partial charge in [-0.05, 0) is 31.5 Å². The average molecular weight is 365 g/mol. The van der Waals surface area contributed by atoms with E-state index in [9.17, 15) is 0 Å². The van der Waals surface area contributed by atoms with Gasteiger partial charge in [-0.25, -0.2) is 0 Å². The van der Waals surface area contributed by atoms with Crippen molar-refractivity contribution in [1.82, 2.24) is 0 Å². The van der Waals surface area contributed by atoms with Crippen LogP contribution in [0.2, 0.25) is 0 Å². The van der Waals surface area contributed by atoms with Crippen molar-refractivity contribution < 1.29 is 14.2 Å². The molecule has 4 heteroatoms. The molecule has 2 aromatic carbocycles. The van der Waals surface area contributed by atoms with Crippen molar-refractivity contribution in [2.45, 2.75) is 38.7 Å². The van der Waals surface area contributed by atoms with Crippen LogP contribution in [0.25, 0.3) is 0 Å². The van der Waals surface area contributed by atoms with Crippen molar-refractivity contribution in [3.8, 4) is 18.1 Å². The smallest absolute Gasteiger partial charge is 0.174 e. The van der Waals surface area contributed by atoms with Crippen LogP contribution in [0.5, 0.6) is 5.75 Å². The molecule has 2 unspecified atom stereocenters. The highest BCUT2D eigenvalue weighted by atomic mass is 16.7. The molecule has 0 N–H and O–H groups in total. The van der Waals surface area contributed by atoms with Crippen molar-refractivity contribution in [3.63, 3.8) is 0 Å². The fourth-order valence-electron chi connectivity index (χ4n) is 3.54. The summed E-state index contributed by atoms with van der Waals surface area (Å²) >= 11 is 0. The summed E-state index contributed by atoms with van der Waals surface area (Å²) in [6.45, 7) is 5.74. The predicted molar refractivity (Wildman–Crippen MR) is 108 cm³/mol. The number of terminal acetylenes is 1. The molecule has 1 aliphatic rings. The van der Waals surface area contributed by atoms with Crippen LogP contribution < -0.4 is 9.64 Å². The molecule has 1 heterocycles. The van der Waals surface area contributed by atoms with E-state index < -0.39 is 0 Å². The molecule has 0 fully saturated rings. The Morgan fingerprint density at radius 3 is 2.37 bits per heavy atom. The monoisotopic (exact) mass is 365 g/mol. The molecule has 142 valence electrons. The van der Waals surface area contributed by atoms with Gasteiger partial charge in [0, 0.05) is 19.6 Å². The van der Waals surface area contributed by atoms with E-state index in [1.807, 2.05) is 50.2 Å². The number of rotatable bonds is 8. The third-order valence-corrected chi connectivity index (χ3v) is 4.68. The largest absolute Gasteiger partial charge is 0.481 e. The number of ether oxygens (including phenoxy) is 3. The van der Waals surface area contributed by atoms with E-state index in [0.29, 0.717) is 26.2 Å². The molecular formula is C23H27NO3. The Morgan fingerprint density at radius 2 is 1.70 bits per heavy atom. The lowest BCUT2D eigenvalue weighted by atomic mass is 9.95. The van der Waals surface area contributed by atoms with Crippen LogP contribution >= 0.6 is 0 Å². The first kappa shape index (κ1) is 19.3. The molecule has 2 aromatic rings. The normalized spacial score (nSPS) is 18.7. The molecular weight excluding hydrogens is 338 g/mol. The van der Waals surface area contributed by atoms with E-state index in [-0.39, 0.29) is 18.4 Å². The maximum atomic E-state index is 6.40. The van der Waals surface area contributed by atoms with Gasteiger partial charge in [-0.1, -0.05) is 42.5 Å². The van der Waals surface area contributed by atoms with Crippen LogP contribution in [0.1, 0.15) is 31.9 Å². The highest BCUT2D eigenvalue weighted by molar-refractivity contribution is 5.62. The number of hydrogen-bond acceptors (Lipinski definition) is 4. The lowest BCUT2D eigenvalue weighted by Crippen LogP contribution is -2.49. The molecule has 1 aliphatic heterocycles. The van der Waals surface area contributed by atoms with Gasteiger partial charge >= 0.3 is 0 Å². The maximum absolute atomic E-state index is 6.40. The van der Waals surface area contributed by atoms with E-state index in [1.54, 1.807) is 0 Å². The molecule has 0 amide bonds. The zero-order chi connectivity index (χ0) is 19.1. The minimum atomic E-state index is -0.317. The summed E-state index contributed by atoms with van der Waals surface area (Å²) in [5.41, 5.74) is 2.14. The molecule has 0 aromatic heterocycles.